The molecule has 20 heavy (non-hydrogen) atoms. The van der Waals surface area contributed by atoms with E-state index in [1.54, 1.807) is 7.05 Å². The van der Waals surface area contributed by atoms with Crippen LogP contribution in [0.1, 0.15) is 12.0 Å². The molecular formula is C14H18N4O2. The van der Waals surface area contributed by atoms with E-state index in [2.05, 4.69) is 32.4 Å². The van der Waals surface area contributed by atoms with Crippen LogP contribution < -0.4 is 14.8 Å². The summed E-state index contributed by atoms with van der Waals surface area (Å²) in [6.45, 7) is 0.547. The number of hydrogen-bond acceptors (Lipinski definition) is 6. The second-order valence-corrected chi connectivity index (χ2v) is 4.12. The van der Waals surface area contributed by atoms with Gasteiger partial charge in [-0.05, 0) is 18.4 Å². The van der Waals surface area contributed by atoms with Gasteiger partial charge in [0.2, 0.25) is 5.95 Å². The SMILES string of the molecule is CNc1nc(OC)nc(OCCCc2ccccc2)n1. The molecule has 0 aliphatic heterocycles. The van der Waals surface area contributed by atoms with Gasteiger partial charge in [0.15, 0.2) is 0 Å². The fourth-order valence-corrected chi connectivity index (χ4v) is 1.69. The monoisotopic (exact) mass is 274 g/mol. The van der Waals surface area contributed by atoms with Crippen LogP contribution in [-0.2, 0) is 6.42 Å². The molecule has 6 nitrogen and oxygen atoms in total. The normalized spacial score (nSPS) is 10.1. The molecule has 0 unspecified atom stereocenters. The molecule has 0 radical (unpaired) electrons. The number of methoxy groups -OCH3 is 1. The van der Waals surface area contributed by atoms with Gasteiger partial charge in [0.25, 0.3) is 0 Å². The Morgan fingerprint density at radius 2 is 1.80 bits per heavy atom. The molecule has 0 fully saturated rings. The van der Waals surface area contributed by atoms with Crippen LogP contribution in [0.3, 0.4) is 0 Å². The number of hydrogen-bond donors (Lipinski definition) is 1. The third kappa shape index (κ3) is 4.08. The van der Waals surface area contributed by atoms with Gasteiger partial charge in [0.1, 0.15) is 0 Å². The number of nitrogens with one attached hydrogen (secondary N) is 1. The van der Waals surface area contributed by atoms with Crippen LogP contribution in [0.4, 0.5) is 5.95 Å². The van der Waals surface area contributed by atoms with Crippen molar-refractivity contribution in [2.45, 2.75) is 12.8 Å². The minimum atomic E-state index is 0.238. The van der Waals surface area contributed by atoms with Crippen molar-refractivity contribution in [1.29, 1.82) is 0 Å². The summed E-state index contributed by atoms with van der Waals surface area (Å²) in [5, 5.41) is 2.84. The van der Waals surface area contributed by atoms with Crippen LogP contribution in [-0.4, -0.2) is 35.7 Å². The summed E-state index contributed by atoms with van der Waals surface area (Å²) in [6.07, 6.45) is 1.86. The van der Waals surface area contributed by atoms with Crippen molar-refractivity contribution in [2.24, 2.45) is 0 Å². The van der Waals surface area contributed by atoms with Crippen molar-refractivity contribution >= 4 is 5.95 Å². The van der Waals surface area contributed by atoms with E-state index in [-0.39, 0.29) is 12.0 Å². The highest BCUT2D eigenvalue weighted by molar-refractivity contribution is 5.26. The van der Waals surface area contributed by atoms with E-state index in [4.69, 9.17) is 9.47 Å². The van der Waals surface area contributed by atoms with Crippen molar-refractivity contribution in [3.63, 3.8) is 0 Å². The molecule has 2 rings (SSSR count). The van der Waals surface area contributed by atoms with Crippen LogP contribution in [0.2, 0.25) is 0 Å². The lowest BCUT2D eigenvalue weighted by Crippen LogP contribution is -2.07. The maximum Gasteiger partial charge on any atom is 0.324 e. The Morgan fingerprint density at radius 1 is 1.05 bits per heavy atom. The van der Waals surface area contributed by atoms with Crippen molar-refractivity contribution in [1.82, 2.24) is 15.0 Å². The molecule has 0 aliphatic rings. The summed E-state index contributed by atoms with van der Waals surface area (Å²) in [5.74, 6) is 0.426. The predicted octanol–water partition coefficient (Wildman–Crippen LogP) is 1.93. The van der Waals surface area contributed by atoms with E-state index >= 15 is 0 Å². The van der Waals surface area contributed by atoms with Crippen molar-refractivity contribution in [3.05, 3.63) is 35.9 Å². The van der Waals surface area contributed by atoms with Gasteiger partial charge in [0.05, 0.1) is 13.7 Å². The zero-order valence-electron chi connectivity index (χ0n) is 11.7. The van der Waals surface area contributed by atoms with E-state index in [9.17, 15) is 0 Å². The van der Waals surface area contributed by atoms with E-state index in [0.29, 0.717) is 12.6 Å². The summed E-state index contributed by atoms with van der Waals surface area (Å²) in [7, 11) is 3.24. The summed E-state index contributed by atoms with van der Waals surface area (Å²) < 4.78 is 10.5. The predicted molar refractivity (Wildman–Crippen MR) is 76.2 cm³/mol. The molecule has 0 spiro atoms. The number of rotatable bonds is 7. The van der Waals surface area contributed by atoms with Gasteiger partial charge in [-0.2, -0.15) is 9.97 Å². The smallest absolute Gasteiger partial charge is 0.324 e. The van der Waals surface area contributed by atoms with Crippen molar-refractivity contribution in [2.75, 3.05) is 26.1 Å². The Hall–Kier alpha value is -2.37. The highest BCUT2D eigenvalue weighted by atomic mass is 16.5. The fourth-order valence-electron chi connectivity index (χ4n) is 1.69. The van der Waals surface area contributed by atoms with E-state index in [1.165, 1.54) is 12.7 Å². The second kappa shape index (κ2) is 7.28. The highest BCUT2D eigenvalue weighted by Gasteiger charge is 2.06. The van der Waals surface area contributed by atoms with Crippen LogP contribution >= 0.6 is 0 Å². The molecule has 0 saturated heterocycles. The molecule has 1 aromatic heterocycles. The van der Waals surface area contributed by atoms with Gasteiger partial charge in [-0.25, -0.2) is 0 Å². The van der Waals surface area contributed by atoms with Crippen LogP contribution in [0.5, 0.6) is 12.0 Å². The minimum Gasteiger partial charge on any atom is -0.467 e. The molecule has 2 aromatic rings. The van der Waals surface area contributed by atoms with E-state index in [1.807, 2.05) is 18.2 Å². The van der Waals surface area contributed by atoms with Gasteiger partial charge in [-0.1, -0.05) is 30.3 Å². The Morgan fingerprint density at radius 3 is 2.50 bits per heavy atom. The molecule has 1 heterocycles. The molecule has 106 valence electrons. The molecule has 0 aliphatic carbocycles. The first-order valence-electron chi connectivity index (χ1n) is 6.46. The second-order valence-electron chi connectivity index (χ2n) is 4.12. The number of aromatic nitrogens is 3. The molecule has 0 amide bonds. The zero-order chi connectivity index (χ0) is 14.2. The standard InChI is InChI=1S/C14H18N4O2/c1-15-12-16-13(19-2)18-14(17-12)20-10-6-9-11-7-4-3-5-8-11/h3-5,7-8H,6,9-10H2,1-2H3,(H,15,16,17,18). The fraction of sp³-hybridized carbons (Fsp3) is 0.357. The van der Waals surface area contributed by atoms with Crippen LogP contribution in [0.25, 0.3) is 0 Å². The van der Waals surface area contributed by atoms with Crippen LogP contribution in [0.15, 0.2) is 30.3 Å². The van der Waals surface area contributed by atoms with Crippen LogP contribution in [0, 0.1) is 0 Å². The molecule has 0 bridgehead atoms. The average molecular weight is 274 g/mol. The summed E-state index contributed by atoms with van der Waals surface area (Å²) in [5.41, 5.74) is 1.29. The summed E-state index contributed by atoms with van der Waals surface area (Å²) in [4.78, 5) is 12.2. The summed E-state index contributed by atoms with van der Waals surface area (Å²) in [6, 6.07) is 10.8. The molecule has 0 saturated carbocycles. The Bertz CT molecular complexity index is 512. The number of anilines is 1. The lowest BCUT2D eigenvalue weighted by Gasteiger charge is -2.07. The van der Waals surface area contributed by atoms with Gasteiger partial charge >= 0.3 is 12.0 Å². The molecule has 1 aromatic carbocycles. The lowest BCUT2D eigenvalue weighted by atomic mass is 10.1. The number of ether oxygens (including phenoxy) is 2. The molecular weight excluding hydrogens is 256 g/mol. The maximum atomic E-state index is 5.53. The van der Waals surface area contributed by atoms with Gasteiger partial charge in [0, 0.05) is 7.05 Å². The quantitative estimate of drug-likeness (QED) is 0.778. The van der Waals surface area contributed by atoms with Gasteiger partial charge < -0.3 is 14.8 Å². The van der Waals surface area contributed by atoms with Gasteiger partial charge in [-0.3, -0.25) is 0 Å². The topological polar surface area (TPSA) is 69.2 Å². The van der Waals surface area contributed by atoms with Crippen molar-refractivity contribution < 1.29 is 9.47 Å². The highest BCUT2D eigenvalue weighted by Crippen LogP contribution is 2.12. The van der Waals surface area contributed by atoms with E-state index < -0.39 is 0 Å². The first-order chi connectivity index (χ1) is 9.81. The molecule has 6 heteroatoms. The zero-order valence-corrected chi connectivity index (χ0v) is 11.7. The molecule has 1 N–H and O–H groups in total. The molecule has 0 atom stereocenters. The number of aryl methyl sites for hydroxylation is 1. The number of benzene rings is 1. The Kier molecular flexibility index (Phi) is 5.11. The van der Waals surface area contributed by atoms with Crippen molar-refractivity contribution in [3.8, 4) is 12.0 Å². The maximum absolute atomic E-state index is 5.53. The Balaban J connectivity index is 1.84. The third-order valence-electron chi connectivity index (χ3n) is 2.68. The third-order valence-corrected chi connectivity index (χ3v) is 2.68. The summed E-state index contributed by atoms with van der Waals surface area (Å²) >= 11 is 0. The Labute approximate surface area is 118 Å². The van der Waals surface area contributed by atoms with Gasteiger partial charge in [-0.15, -0.1) is 4.98 Å². The number of nitrogens with zero attached hydrogens (tertiary/aromatic N) is 3. The minimum absolute atomic E-state index is 0.238. The largest absolute Gasteiger partial charge is 0.467 e. The first kappa shape index (κ1) is 14.0. The average Bonchev–Trinajstić information content (AvgIpc) is 2.52. The van der Waals surface area contributed by atoms with E-state index in [0.717, 1.165) is 12.8 Å². The lowest BCUT2D eigenvalue weighted by molar-refractivity contribution is 0.277. The first-order valence-corrected chi connectivity index (χ1v) is 6.46.